The smallest absolute Gasteiger partial charge is 0.326 e. The predicted molar refractivity (Wildman–Crippen MR) is 174 cm³/mol. The number of carbonyl (C=O) groups is 3. The van der Waals surface area contributed by atoms with E-state index in [9.17, 15) is 19.5 Å². The second-order valence-corrected chi connectivity index (χ2v) is 16.4. The molecular weight excluding hydrogens is 556 g/mol. The molecule has 2 atom stereocenters. The molecule has 0 aliphatic heterocycles. The van der Waals surface area contributed by atoms with Crippen molar-refractivity contribution in [2.45, 2.75) is 72.0 Å². The van der Waals surface area contributed by atoms with E-state index in [1.54, 1.807) is 33.8 Å². The average molecular weight is 601 g/mol. The molecule has 43 heavy (non-hydrogen) atoms. The molecule has 3 aromatic carbocycles. The summed E-state index contributed by atoms with van der Waals surface area (Å²) in [6.45, 7) is 13.6. The first-order valence-corrected chi connectivity index (χ1v) is 16.6. The highest BCUT2D eigenvalue weighted by Crippen LogP contribution is 2.37. The molecule has 0 fully saturated rings. The Balaban J connectivity index is 1.86. The van der Waals surface area contributed by atoms with Crippen molar-refractivity contribution < 1.29 is 23.9 Å². The number of nitrogens with one attached hydrogen (secondary N) is 2. The van der Waals surface area contributed by atoms with Gasteiger partial charge in [-0.3, -0.25) is 9.59 Å². The van der Waals surface area contributed by atoms with E-state index >= 15 is 0 Å². The molecular formula is C35H44N2O5Si. The minimum atomic E-state index is -2.82. The zero-order valence-corrected chi connectivity index (χ0v) is 27.2. The lowest BCUT2D eigenvalue weighted by molar-refractivity contribution is -0.142. The number of aliphatic carboxylic acids is 1. The lowest BCUT2D eigenvalue weighted by Gasteiger charge is -2.43. The molecule has 0 spiro atoms. The van der Waals surface area contributed by atoms with Crippen LogP contribution in [-0.4, -0.2) is 43.3 Å². The van der Waals surface area contributed by atoms with Crippen molar-refractivity contribution in [2.75, 3.05) is 0 Å². The van der Waals surface area contributed by atoms with Crippen LogP contribution in [0.3, 0.4) is 0 Å². The number of carbonyl (C=O) groups excluding carboxylic acids is 2. The van der Waals surface area contributed by atoms with E-state index in [2.05, 4.69) is 55.7 Å². The summed E-state index contributed by atoms with van der Waals surface area (Å²) in [6, 6.07) is 26.1. The Hall–Kier alpha value is -4.17. The fourth-order valence-corrected chi connectivity index (χ4v) is 9.56. The van der Waals surface area contributed by atoms with E-state index in [-0.39, 0.29) is 23.3 Å². The third-order valence-corrected chi connectivity index (χ3v) is 12.6. The van der Waals surface area contributed by atoms with Crippen LogP contribution in [0.2, 0.25) is 5.04 Å². The van der Waals surface area contributed by atoms with E-state index < -0.39 is 32.3 Å². The van der Waals surface area contributed by atoms with Crippen molar-refractivity contribution in [1.82, 2.24) is 10.6 Å². The van der Waals surface area contributed by atoms with Crippen LogP contribution >= 0.6 is 0 Å². The van der Waals surface area contributed by atoms with Crippen LogP contribution in [0.1, 0.15) is 54.0 Å². The van der Waals surface area contributed by atoms with Gasteiger partial charge in [-0.15, -0.1) is 0 Å². The van der Waals surface area contributed by atoms with Crippen LogP contribution < -0.4 is 25.4 Å². The topological polar surface area (TPSA) is 105 Å². The molecule has 0 heterocycles. The standard InChI is InChI=1S/C35H44N2O5Si/c1-8-25(4)32(38)37-31(24(2)3)33(39)36-30(34(40)41)23-26-19-21-27(22-20-26)42-43(35(5,6)7,28-15-11-9-12-16-28)29-17-13-10-14-18-29/h8-22,24,30-31H,23H2,1-7H3,(H,36,39)(H,37,38)(H,40,41)/b25-8+/t30-,31+/m1/s1. The summed E-state index contributed by atoms with van der Waals surface area (Å²) in [5, 5.41) is 17.4. The highest BCUT2D eigenvalue weighted by atomic mass is 28.4. The number of benzene rings is 3. The van der Waals surface area contributed by atoms with E-state index in [1.807, 2.05) is 60.7 Å². The van der Waals surface area contributed by atoms with Crippen LogP contribution in [0.5, 0.6) is 5.75 Å². The molecule has 0 aliphatic carbocycles. The van der Waals surface area contributed by atoms with Gasteiger partial charge in [-0.05, 0) is 52.9 Å². The third-order valence-electron chi connectivity index (χ3n) is 7.69. The molecule has 0 bridgehead atoms. The monoisotopic (exact) mass is 600 g/mol. The van der Waals surface area contributed by atoms with E-state index in [4.69, 9.17) is 4.43 Å². The van der Waals surface area contributed by atoms with Crippen LogP contribution in [0.15, 0.2) is 96.6 Å². The largest absolute Gasteiger partial charge is 0.534 e. The molecule has 7 nitrogen and oxygen atoms in total. The Morgan fingerprint density at radius 2 is 1.37 bits per heavy atom. The van der Waals surface area contributed by atoms with Crippen LogP contribution in [0.25, 0.3) is 0 Å². The number of amides is 2. The summed E-state index contributed by atoms with van der Waals surface area (Å²) in [7, 11) is -2.82. The van der Waals surface area contributed by atoms with Gasteiger partial charge >= 0.3 is 14.3 Å². The number of allylic oxidation sites excluding steroid dienone is 1. The van der Waals surface area contributed by atoms with Crippen molar-refractivity contribution in [3.63, 3.8) is 0 Å². The molecule has 3 N–H and O–H groups in total. The molecule has 228 valence electrons. The molecule has 0 aromatic heterocycles. The molecule has 3 aromatic rings. The van der Waals surface area contributed by atoms with E-state index in [0.29, 0.717) is 11.3 Å². The summed E-state index contributed by atoms with van der Waals surface area (Å²) in [5.74, 6) is -1.60. The summed E-state index contributed by atoms with van der Waals surface area (Å²) in [4.78, 5) is 37.6. The highest BCUT2D eigenvalue weighted by Gasteiger charge is 2.52. The summed E-state index contributed by atoms with van der Waals surface area (Å²) in [5.41, 5.74) is 1.21. The van der Waals surface area contributed by atoms with Crippen LogP contribution in [0, 0.1) is 5.92 Å². The normalized spacial score (nSPS) is 13.6. The first kappa shape index (κ1) is 33.3. The predicted octanol–water partition coefficient (Wildman–Crippen LogP) is 4.84. The fourth-order valence-electron chi connectivity index (χ4n) is 5.14. The second kappa shape index (κ2) is 14.3. The minimum absolute atomic E-state index is 0.0766. The Labute approximate surface area is 256 Å². The molecule has 0 aliphatic rings. The number of hydrogen-bond acceptors (Lipinski definition) is 4. The van der Waals surface area contributed by atoms with Gasteiger partial charge in [0.05, 0.1) is 0 Å². The first-order chi connectivity index (χ1) is 20.3. The lowest BCUT2D eigenvalue weighted by atomic mass is 10.0. The molecule has 0 unspecified atom stereocenters. The fraction of sp³-hybridized carbons (Fsp3) is 0.343. The lowest BCUT2D eigenvalue weighted by Crippen LogP contribution is -2.68. The van der Waals surface area contributed by atoms with Gasteiger partial charge in [0, 0.05) is 12.0 Å². The van der Waals surface area contributed by atoms with Gasteiger partial charge in [0.25, 0.3) is 0 Å². The molecule has 3 rings (SSSR count). The molecule has 8 heteroatoms. The minimum Gasteiger partial charge on any atom is -0.534 e. The van der Waals surface area contributed by atoms with Crippen molar-refractivity contribution in [3.05, 3.63) is 102 Å². The van der Waals surface area contributed by atoms with Crippen molar-refractivity contribution in [2.24, 2.45) is 5.92 Å². The maximum absolute atomic E-state index is 13.1. The number of carboxylic acids is 1. The average Bonchev–Trinajstić information content (AvgIpc) is 2.98. The second-order valence-electron chi connectivity index (χ2n) is 12.2. The third kappa shape index (κ3) is 8.02. The van der Waals surface area contributed by atoms with Crippen LogP contribution in [0.4, 0.5) is 0 Å². The number of rotatable bonds is 12. The quantitative estimate of drug-likeness (QED) is 0.204. The Bertz CT molecular complexity index is 1370. The molecule has 2 amide bonds. The Morgan fingerprint density at radius 1 is 0.860 bits per heavy atom. The Kier molecular flexibility index (Phi) is 11.1. The van der Waals surface area contributed by atoms with Gasteiger partial charge in [-0.25, -0.2) is 4.79 Å². The Morgan fingerprint density at radius 3 is 1.79 bits per heavy atom. The van der Waals surface area contributed by atoms with Gasteiger partial charge in [0.2, 0.25) is 11.8 Å². The van der Waals surface area contributed by atoms with Crippen molar-refractivity contribution in [1.29, 1.82) is 0 Å². The zero-order chi connectivity index (χ0) is 31.8. The van der Waals surface area contributed by atoms with Gasteiger partial charge in [0.15, 0.2) is 0 Å². The van der Waals surface area contributed by atoms with Gasteiger partial charge in [0.1, 0.15) is 17.8 Å². The van der Waals surface area contributed by atoms with Crippen molar-refractivity contribution >= 4 is 36.5 Å². The van der Waals surface area contributed by atoms with E-state index in [1.165, 1.54) is 0 Å². The first-order valence-electron chi connectivity index (χ1n) is 14.7. The zero-order valence-electron chi connectivity index (χ0n) is 26.2. The summed E-state index contributed by atoms with van der Waals surface area (Å²) in [6.07, 6.45) is 1.74. The molecule has 0 saturated carbocycles. The van der Waals surface area contributed by atoms with Crippen molar-refractivity contribution in [3.8, 4) is 5.75 Å². The summed E-state index contributed by atoms with van der Waals surface area (Å²) >= 11 is 0. The molecule has 0 saturated heterocycles. The number of carboxylic acid groups (broad SMARTS) is 1. The molecule has 0 radical (unpaired) electrons. The number of hydrogen-bond donors (Lipinski definition) is 3. The maximum Gasteiger partial charge on any atom is 0.326 e. The SMILES string of the molecule is C/C=C(\C)C(=O)N[C@H](C(=O)N[C@H](Cc1ccc(O[Si](c2ccccc2)(c2ccccc2)C(C)(C)C)cc1)C(=O)O)C(C)C. The highest BCUT2D eigenvalue weighted by molar-refractivity contribution is 7.00. The van der Waals surface area contributed by atoms with E-state index in [0.717, 1.165) is 15.9 Å². The van der Waals surface area contributed by atoms with Gasteiger partial charge in [-0.2, -0.15) is 0 Å². The maximum atomic E-state index is 13.1. The summed E-state index contributed by atoms with van der Waals surface area (Å²) < 4.78 is 7.04. The van der Waals surface area contributed by atoms with Crippen LogP contribution in [-0.2, 0) is 20.8 Å². The van der Waals surface area contributed by atoms with Gasteiger partial charge < -0.3 is 20.2 Å². The van der Waals surface area contributed by atoms with Gasteiger partial charge in [-0.1, -0.05) is 113 Å².